The molecule has 12 heavy (non-hydrogen) atoms. The fourth-order valence-corrected chi connectivity index (χ4v) is 0.892. The van der Waals surface area contributed by atoms with Gasteiger partial charge in [-0.25, -0.2) is 4.39 Å². The van der Waals surface area contributed by atoms with Crippen LogP contribution in [0.2, 0.25) is 0 Å². The van der Waals surface area contributed by atoms with E-state index in [9.17, 15) is 4.39 Å². The highest BCUT2D eigenvalue weighted by Crippen LogP contribution is 2.21. The summed E-state index contributed by atoms with van der Waals surface area (Å²) in [6, 6.07) is 4.21. The van der Waals surface area contributed by atoms with E-state index in [1.165, 1.54) is 12.1 Å². The van der Waals surface area contributed by atoms with E-state index in [1.54, 1.807) is 13.1 Å². The second-order valence-corrected chi connectivity index (χ2v) is 2.28. The average molecular weight is 165 g/mol. The molecule has 0 saturated heterocycles. The highest BCUT2D eigenvalue weighted by molar-refractivity contribution is 5.68. The number of halogens is 1. The molecule has 0 bridgehead atoms. The number of nitrogen functional groups attached to an aromatic ring is 1. The Kier molecular flexibility index (Phi) is 2.15. The van der Waals surface area contributed by atoms with Crippen molar-refractivity contribution in [2.45, 2.75) is 0 Å². The van der Waals surface area contributed by atoms with Crippen LogP contribution in [0.25, 0.3) is 0 Å². The fourth-order valence-electron chi connectivity index (χ4n) is 0.892. The third kappa shape index (κ3) is 1.30. The molecule has 0 aliphatic heterocycles. The minimum atomic E-state index is -0.559. The van der Waals surface area contributed by atoms with Crippen LogP contribution in [-0.2, 0) is 0 Å². The van der Waals surface area contributed by atoms with Gasteiger partial charge < -0.3 is 11.1 Å². The topological polar surface area (TPSA) is 61.8 Å². The summed E-state index contributed by atoms with van der Waals surface area (Å²) in [5.74, 6) is -0.559. The zero-order valence-electron chi connectivity index (χ0n) is 6.56. The first-order valence-corrected chi connectivity index (χ1v) is 3.36. The Hall–Kier alpha value is -1.76. The van der Waals surface area contributed by atoms with E-state index >= 15 is 0 Å². The Morgan fingerprint density at radius 3 is 2.75 bits per heavy atom. The van der Waals surface area contributed by atoms with Crippen LogP contribution in [0.1, 0.15) is 5.56 Å². The standard InChI is InChI=1S/C8H8FN3/c1-12-8-3-6(9)5(4-10)2-7(8)11/h2-3,12H,11H2,1H3. The maximum atomic E-state index is 12.9. The van der Waals surface area contributed by atoms with Gasteiger partial charge in [0.1, 0.15) is 11.9 Å². The van der Waals surface area contributed by atoms with Crippen molar-refractivity contribution in [3.8, 4) is 6.07 Å². The molecule has 0 heterocycles. The largest absolute Gasteiger partial charge is 0.397 e. The van der Waals surface area contributed by atoms with Crippen LogP contribution in [0.5, 0.6) is 0 Å². The summed E-state index contributed by atoms with van der Waals surface area (Å²) in [5, 5.41) is 11.2. The van der Waals surface area contributed by atoms with Gasteiger partial charge in [-0.1, -0.05) is 0 Å². The van der Waals surface area contributed by atoms with Crippen LogP contribution in [0, 0.1) is 17.1 Å². The van der Waals surface area contributed by atoms with Crippen molar-refractivity contribution in [1.82, 2.24) is 0 Å². The average Bonchev–Trinajstić information content (AvgIpc) is 2.08. The van der Waals surface area contributed by atoms with E-state index in [0.29, 0.717) is 11.4 Å². The Balaban J connectivity index is 3.28. The van der Waals surface area contributed by atoms with E-state index in [2.05, 4.69) is 5.32 Å². The maximum absolute atomic E-state index is 12.9. The quantitative estimate of drug-likeness (QED) is 0.617. The molecule has 0 aliphatic carbocycles. The van der Waals surface area contributed by atoms with Gasteiger partial charge in [0.2, 0.25) is 0 Å². The van der Waals surface area contributed by atoms with Crippen LogP contribution < -0.4 is 11.1 Å². The van der Waals surface area contributed by atoms with Gasteiger partial charge in [-0.15, -0.1) is 0 Å². The zero-order chi connectivity index (χ0) is 9.14. The molecular formula is C8H8FN3. The van der Waals surface area contributed by atoms with Crippen LogP contribution in [0.3, 0.4) is 0 Å². The molecule has 0 saturated carbocycles. The second-order valence-electron chi connectivity index (χ2n) is 2.28. The minimum absolute atomic E-state index is 0.0356. The second kappa shape index (κ2) is 3.09. The summed E-state index contributed by atoms with van der Waals surface area (Å²) in [5.41, 5.74) is 6.32. The molecule has 1 aromatic carbocycles. The first kappa shape index (κ1) is 8.34. The summed E-state index contributed by atoms with van der Waals surface area (Å²) in [7, 11) is 1.64. The van der Waals surface area contributed by atoms with E-state index in [4.69, 9.17) is 11.0 Å². The van der Waals surface area contributed by atoms with Crippen molar-refractivity contribution in [2.24, 2.45) is 0 Å². The van der Waals surface area contributed by atoms with Crippen molar-refractivity contribution in [2.75, 3.05) is 18.1 Å². The molecule has 62 valence electrons. The molecule has 0 aromatic heterocycles. The van der Waals surface area contributed by atoms with Crippen LogP contribution in [0.4, 0.5) is 15.8 Å². The summed E-state index contributed by atoms with van der Waals surface area (Å²) in [6.45, 7) is 0. The number of benzene rings is 1. The number of nitrogens with one attached hydrogen (secondary N) is 1. The lowest BCUT2D eigenvalue weighted by molar-refractivity contribution is 0.624. The highest BCUT2D eigenvalue weighted by atomic mass is 19.1. The van der Waals surface area contributed by atoms with Gasteiger partial charge in [-0.05, 0) is 6.07 Å². The number of nitrogens with two attached hydrogens (primary N) is 1. The van der Waals surface area contributed by atoms with Crippen molar-refractivity contribution in [3.63, 3.8) is 0 Å². The van der Waals surface area contributed by atoms with E-state index in [0.717, 1.165) is 0 Å². The van der Waals surface area contributed by atoms with Crippen molar-refractivity contribution in [1.29, 1.82) is 5.26 Å². The fraction of sp³-hybridized carbons (Fsp3) is 0.125. The minimum Gasteiger partial charge on any atom is -0.397 e. The normalized spacial score (nSPS) is 9.08. The summed E-state index contributed by atoms with van der Waals surface area (Å²) in [6.07, 6.45) is 0. The number of hydrogen-bond acceptors (Lipinski definition) is 3. The molecule has 0 unspecified atom stereocenters. The predicted octanol–water partition coefficient (Wildman–Crippen LogP) is 1.32. The number of nitrogens with zero attached hydrogens (tertiary/aromatic N) is 1. The third-order valence-electron chi connectivity index (χ3n) is 1.53. The van der Waals surface area contributed by atoms with Gasteiger partial charge in [0.15, 0.2) is 0 Å². The lowest BCUT2D eigenvalue weighted by Crippen LogP contribution is -1.98. The Labute approximate surface area is 69.6 Å². The molecule has 0 aliphatic rings. The molecule has 0 fully saturated rings. The van der Waals surface area contributed by atoms with E-state index in [-0.39, 0.29) is 5.56 Å². The van der Waals surface area contributed by atoms with Gasteiger partial charge in [0, 0.05) is 13.1 Å². The summed E-state index contributed by atoms with van der Waals surface area (Å²) in [4.78, 5) is 0. The molecular weight excluding hydrogens is 157 g/mol. The first-order chi connectivity index (χ1) is 5.69. The van der Waals surface area contributed by atoms with Crippen LogP contribution >= 0.6 is 0 Å². The van der Waals surface area contributed by atoms with Gasteiger partial charge in [0.25, 0.3) is 0 Å². The smallest absolute Gasteiger partial charge is 0.143 e. The van der Waals surface area contributed by atoms with Crippen molar-refractivity contribution < 1.29 is 4.39 Å². The molecule has 3 nitrogen and oxygen atoms in total. The maximum Gasteiger partial charge on any atom is 0.143 e. The first-order valence-electron chi connectivity index (χ1n) is 3.36. The number of nitriles is 1. The molecule has 0 spiro atoms. The molecule has 0 radical (unpaired) electrons. The number of rotatable bonds is 1. The highest BCUT2D eigenvalue weighted by Gasteiger charge is 2.05. The molecule has 1 aromatic rings. The third-order valence-corrected chi connectivity index (χ3v) is 1.53. The molecule has 0 amide bonds. The lowest BCUT2D eigenvalue weighted by Gasteiger charge is -2.04. The molecule has 3 N–H and O–H groups in total. The lowest BCUT2D eigenvalue weighted by atomic mass is 10.2. The predicted molar refractivity (Wildman–Crippen MR) is 45.1 cm³/mol. The summed E-state index contributed by atoms with van der Waals surface area (Å²) >= 11 is 0. The molecule has 0 atom stereocenters. The van der Waals surface area contributed by atoms with Crippen LogP contribution in [0.15, 0.2) is 12.1 Å². The number of anilines is 2. The van der Waals surface area contributed by atoms with Gasteiger partial charge >= 0.3 is 0 Å². The SMILES string of the molecule is CNc1cc(F)c(C#N)cc1N. The van der Waals surface area contributed by atoms with Crippen molar-refractivity contribution in [3.05, 3.63) is 23.5 Å². The van der Waals surface area contributed by atoms with E-state index < -0.39 is 5.82 Å². The van der Waals surface area contributed by atoms with E-state index in [1.807, 2.05) is 0 Å². The van der Waals surface area contributed by atoms with Crippen molar-refractivity contribution >= 4 is 11.4 Å². The number of hydrogen-bond donors (Lipinski definition) is 2. The van der Waals surface area contributed by atoms with Gasteiger partial charge in [-0.3, -0.25) is 0 Å². The Morgan fingerprint density at radius 1 is 1.58 bits per heavy atom. The van der Waals surface area contributed by atoms with Gasteiger partial charge in [-0.2, -0.15) is 5.26 Å². The molecule has 4 heteroatoms. The Morgan fingerprint density at radius 2 is 2.25 bits per heavy atom. The Bertz CT molecular complexity index is 340. The van der Waals surface area contributed by atoms with Gasteiger partial charge in [0.05, 0.1) is 16.9 Å². The monoisotopic (exact) mass is 165 g/mol. The zero-order valence-corrected chi connectivity index (χ0v) is 6.56. The molecule has 1 rings (SSSR count). The van der Waals surface area contributed by atoms with Crippen LogP contribution in [-0.4, -0.2) is 7.05 Å². The summed E-state index contributed by atoms with van der Waals surface area (Å²) < 4.78 is 12.9.